The lowest BCUT2D eigenvalue weighted by atomic mass is 10.0. The third-order valence-corrected chi connectivity index (χ3v) is 6.05. The van der Waals surface area contributed by atoms with Gasteiger partial charge in [0.25, 0.3) is 0 Å². The number of nitrogens with zero attached hydrogens (tertiary/aromatic N) is 1. The monoisotopic (exact) mass is 338 g/mol. The van der Waals surface area contributed by atoms with Crippen molar-refractivity contribution in [1.82, 2.24) is 4.90 Å². The lowest BCUT2D eigenvalue weighted by Crippen LogP contribution is -2.45. The van der Waals surface area contributed by atoms with Gasteiger partial charge in [-0.15, -0.1) is 0 Å². The Morgan fingerprint density at radius 3 is 2.43 bits per heavy atom. The number of amides is 2. The van der Waals surface area contributed by atoms with E-state index >= 15 is 0 Å². The summed E-state index contributed by atoms with van der Waals surface area (Å²) in [6, 6.07) is 7.47. The van der Waals surface area contributed by atoms with E-state index in [1.165, 1.54) is 6.26 Å². The number of carbonyl (C=O) groups excluding carboxylic acids is 1. The van der Waals surface area contributed by atoms with Gasteiger partial charge in [0, 0.05) is 24.0 Å². The molecule has 2 rings (SSSR count). The fourth-order valence-corrected chi connectivity index (χ4v) is 4.25. The van der Waals surface area contributed by atoms with Crippen molar-refractivity contribution in [3.63, 3.8) is 0 Å². The Balaban J connectivity index is 2.21. The van der Waals surface area contributed by atoms with Crippen LogP contribution in [-0.4, -0.2) is 42.9 Å². The van der Waals surface area contributed by atoms with Gasteiger partial charge in [0.1, 0.15) is 0 Å². The Morgan fingerprint density at radius 1 is 1.30 bits per heavy atom. The fourth-order valence-electron chi connectivity index (χ4n) is 3.12. The van der Waals surface area contributed by atoms with Crippen molar-refractivity contribution < 1.29 is 13.2 Å². The summed E-state index contributed by atoms with van der Waals surface area (Å²) in [4.78, 5) is 14.3. The van der Waals surface area contributed by atoms with Gasteiger partial charge in [-0.3, -0.25) is 0 Å². The number of para-hydroxylation sites is 1. The Kier molecular flexibility index (Phi) is 4.76. The molecule has 1 unspecified atom stereocenters. The summed E-state index contributed by atoms with van der Waals surface area (Å²) in [5.41, 5.74) is 1.37. The molecule has 128 valence electrons. The Labute approximate surface area is 139 Å². The van der Waals surface area contributed by atoms with Gasteiger partial charge in [0.05, 0.1) is 5.25 Å². The highest BCUT2D eigenvalue weighted by Gasteiger charge is 2.45. The van der Waals surface area contributed by atoms with Crippen LogP contribution >= 0.6 is 0 Å². The minimum atomic E-state index is -3.16. The maximum absolute atomic E-state index is 12.7. The molecule has 23 heavy (non-hydrogen) atoms. The summed E-state index contributed by atoms with van der Waals surface area (Å²) in [6.07, 6.45) is 1.70. The van der Waals surface area contributed by atoms with Crippen LogP contribution in [0.5, 0.6) is 0 Å². The molecule has 0 bridgehead atoms. The third-order valence-electron chi connectivity index (χ3n) is 4.52. The number of hydrogen-bond acceptors (Lipinski definition) is 3. The van der Waals surface area contributed by atoms with Crippen LogP contribution in [0.2, 0.25) is 0 Å². The molecule has 1 aromatic carbocycles. The van der Waals surface area contributed by atoms with Crippen molar-refractivity contribution in [2.75, 3.05) is 18.1 Å². The number of carbonyl (C=O) groups is 1. The second kappa shape index (κ2) is 6.15. The summed E-state index contributed by atoms with van der Waals surface area (Å²) < 4.78 is 23.7. The molecule has 6 heteroatoms. The van der Waals surface area contributed by atoms with Crippen LogP contribution in [0.4, 0.5) is 10.5 Å². The number of rotatable bonds is 3. The maximum atomic E-state index is 12.7. The van der Waals surface area contributed by atoms with E-state index in [0.717, 1.165) is 11.3 Å². The van der Waals surface area contributed by atoms with Crippen LogP contribution in [0.1, 0.15) is 45.6 Å². The first-order valence-electron chi connectivity index (χ1n) is 7.89. The van der Waals surface area contributed by atoms with Crippen LogP contribution in [0.25, 0.3) is 0 Å². The van der Waals surface area contributed by atoms with Gasteiger partial charge in [-0.25, -0.2) is 13.2 Å². The van der Waals surface area contributed by atoms with Gasteiger partial charge in [-0.2, -0.15) is 0 Å². The molecular formula is C17H26N2O3S. The summed E-state index contributed by atoms with van der Waals surface area (Å²) >= 11 is 0. The Hall–Kier alpha value is -1.56. The molecule has 1 saturated heterocycles. The molecule has 0 aliphatic carbocycles. The third kappa shape index (κ3) is 3.86. The number of benzene rings is 1. The van der Waals surface area contributed by atoms with Crippen LogP contribution in [0, 0.1) is 0 Å². The minimum absolute atomic E-state index is 0.238. The number of urea groups is 1. The largest absolute Gasteiger partial charge is 0.322 e. The quantitative estimate of drug-likeness (QED) is 0.920. The zero-order chi connectivity index (χ0) is 17.4. The molecule has 1 aromatic rings. The lowest BCUT2D eigenvalue weighted by molar-refractivity contribution is 0.178. The molecular weight excluding hydrogens is 312 g/mol. The molecule has 0 spiro atoms. The van der Waals surface area contributed by atoms with E-state index in [-0.39, 0.29) is 12.6 Å². The zero-order valence-corrected chi connectivity index (χ0v) is 15.3. The van der Waals surface area contributed by atoms with Gasteiger partial charge < -0.3 is 10.2 Å². The highest BCUT2D eigenvalue weighted by atomic mass is 32.2. The summed E-state index contributed by atoms with van der Waals surface area (Å²) in [7, 11) is -3.16. The number of likely N-dealkylation sites (tertiary alicyclic amines) is 1. The highest BCUT2D eigenvalue weighted by Crippen LogP contribution is 2.33. The smallest absolute Gasteiger partial charge is 0.318 e. The van der Waals surface area contributed by atoms with Crippen LogP contribution in [0.3, 0.4) is 0 Å². The Bertz CT molecular complexity index is 696. The average Bonchev–Trinajstić information content (AvgIpc) is 2.75. The van der Waals surface area contributed by atoms with E-state index in [1.54, 1.807) is 4.90 Å². The lowest BCUT2D eigenvalue weighted by Gasteiger charge is -2.31. The van der Waals surface area contributed by atoms with Crippen LogP contribution in [-0.2, 0) is 9.84 Å². The van der Waals surface area contributed by atoms with Gasteiger partial charge >= 0.3 is 6.03 Å². The van der Waals surface area contributed by atoms with E-state index in [9.17, 15) is 13.2 Å². The number of sulfone groups is 1. The van der Waals surface area contributed by atoms with E-state index in [1.807, 2.05) is 38.1 Å². The molecule has 1 N–H and O–H groups in total. The van der Waals surface area contributed by atoms with Crippen molar-refractivity contribution in [1.29, 1.82) is 0 Å². The van der Waals surface area contributed by atoms with Crippen molar-refractivity contribution in [2.45, 2.75) is 50.8 Å². The summed E-state index contributed by atoms with van der Waals surface area (Å²) in [6.45, 7) is 8.20. The molecule has 5 nitrogen and oxygen atoms in total. The van der Waals surface area contributed by atoms with Crippen molar-refractivity contribution >= 4 is 21.6 Å². The summed E-state index contributed by atoms with van der Waals surface area (Å²) in [5, 5.41) is 2.46. The van der Waals surface area contributed by atoms with Gasteiger partial charge in [-0.05, 0) is 37.8 Å². The number of anilines is 1. The molecule has 1 aliphatic heterocycles. The number of hydrogen-bond donors (Lipinski definition) is 1. The van der Waals surface area contributed by atoms with Crippen LogP contribution < -0.4 is 5.32 Å². The van der Waals surface area contributed by atoms with E-state index in [2.05, 4.69) is 19.2 Å². The van der Waals surface area contributed by atoms with E-state index in [0.29, 0.717) is 12.3 Å². The SMILES string of the molecule is CC(C)c1ccccc1NC(=O)N1CC(S(C)(=O)=O)CC1(C)C. The predicted octanol–water partition coefficient (Wildman–Crippen LogP) is 3.24. The fraction of sp³-hybridized carbons (Fsp3) is 0.588. The first-order valence-corrected chi connectivity index (χ1v) is 9.84. The van der Waals surface area contributed by atoms with Gasteiger partial charge in [0.2, 0.25) is 0 Å². The molecule has 0 saturated carbocycles. The highest BCUT2D eigenvalue weighted by molar-refractivity contribution is 7.91. The van der Waals surface area contributed by atoms with Crippen molar-refractivity contribution in [3.05, 3.63) is 29.8 Å². The molecule has 0 radical (unpaired) electrons. The molecule has 2 amide bonds. The molecule has 0 aromatic heterocycles. The predicted molar refractivity (Wildman–Crippen MR) is 93.6 cm³/mol. The normalized spacial score (nSPS) is 20.8. The molecule has 1 fully saturated rings. The molecule has 1 heterocycles. The zero-order valence-electron chi connectivity index (χ0n) is 14.5. The first kappa shape index (κ1) is 17.8. The van der Waals surface area contributed by atoms with Gasteiger partial charge in [0.15, 0.2) is 9.84 Å². The van der Waals surface area contributed by atoms with Crippen LogP contribution in [0.15, 0.2) is 24.3 Å². The minimum Gasteiger partial charge on any atom is -0.318 e. The standard InChI is InChI=1S/C17H26N2O3S/c1-12(2)14-8-6-7-9-15(14)18-16(20)19-11-13(23(5,21)22)10-17(19,3)4/h6-9,12-13H,10-11H2,1-5H3,(H,18,20). The maximum Gasteiger partial charge on any atom is 0.322 e. The van der Waals surface area contributed by atoms with Crippen molar-refractivity contribution in [2.24, 2.45) is 0 Å². The van der Waals surface area contributed by atoms with Crippen molar-refractivity contribution in [3.8, 4) is 0 Å². The van der Waals surface area contributed by atoms with Gasteiger partial charge in [-0.1, -0.05) is 32.0 Å². The molecule has 1 aliphatic rings. The number of nitrogens with one attached hydrogen (secondary N) is 1. The first-order chi connectivity index (χ1) is 10.5. The van der Waals surface area contributed by atoms with E-state index in [4.69, 9.17) is 0 Å². The Morgan fingerprint density at radius 2 is 1.91 bits per heavy atom. The molecule has 1 atom stereocenters. The second-order valence-electron chi connectivity index (χ2n) is 7.25. The van der Waals surface area contributed by atoms with E-state index < -0.39 is 20.6 Å². The summed E-state index contributed by atoms with van der Waals surface area (Å²) in [5.74, 6) is 0.293. The second-order valence-corrected chi connectivity index (χ2v) is 9.58. The topological polar surface area (TPSA) is 66.5 Å². The average molecular weight is 338 g/mol.